The zero-order valence-electron chi connectivity index (χ0n) is 14.8. The van der Waals surface area contributed by atoms with Crippen LogP contribution in [0.2, 0.25) is 0 Å². The molecule has 1 aliphatic rings. The highest BCUT2D eigenvalue weighted by Gasteiger charge is 2.32. The Morgan fingerprint density at radius 2 is 2.16 bits per heavy atom. The van der Waals surface area contributed by atoms with E-state index in [1.165, 1.54) is 6.92 Å². The van der Waals surface area contributed by atoms with Gasteiger partial charge < -0.3 is 10.2 Å². The Morgan fingerprint density at radius 3 is 2.76 bits per heavy atom. The third-order valence-corrected chi connectivity index (χ3v) is 4.49. The molecule has 0 bridgehead atoms. The summed E-state index contributed by atoms with van der Waals surface area (Å²) >= 11 is 0. The predicted octanol–water partition coefficient (Wildman–Crippen LogP) is 1.74. The van der Waals surface area contributed by atoms with Crippen LogP contribution in [-0.4, -0.2) is 38.0 Å². The molecule has 1 unspecified atom stereocenters. The zero-order chi connectivity index (χ0) is 18.0. The molecular formula is C18H23N5O2. The summed E-state index contributed by atoms with van der Waals surface area (Å²) < 4.78 is 1.67. The minimum Gasteiger partial charge on any atom is -0.352 e. The number of hydrogen-bond acceptors (Lipinski definition) is 4. The van der Waals surface area contributed by atoms with Crippen LogP contribution >= 0.6 is 0 Å². The molecule has 132 valence electrons. The minimum atomic E-state index is -0.0662. The molecule has 0 radical (unpaired) electrons. The van der Waals surface area contributed by atoms with Gasteiger partial charge in [-0.05, 0) is 31.4 Å². The molecular weight excluding hydrogens is 318 g/mol. The van der Waals surface area contributed by atoms with Gasteiger partial charge in [0.05, 0.1) is 23.0 Å². The Labute approximate surface area is 147 Å². The molecule has 25 heavy (non-hydrogen) atoms. The number of nitrogens with zero attached hydrogens (tertiary/aromatic N) is 4. The first-order valence-electron chi connectivity index (χ1n) is 8.46. The quantitative estimate of drug-likeness (QED) is 0.918. The van der Waals surface area contributed by atoms with Crippen molar-refractivity contribution in [2.24, 2.45) is 7.05 Å². The second kappa shape index (κ2) is 7.04. The summed E-state index contributed by atoms with van der Waals surface area (Å²) in [5, 5.41) is 7.02. The number of likely N-dealkylation sites (tertiary alicyclic amines) is 1. The van der Waals surface area contributed by atoms with Gasteiger partial charge in [-0.3, -0.25) is 19.3 Å². The lowest BCUT2D eigenvalue weighted by Gasteiger charge is -2.24. The van der Waals surface area contributed by atoms with Crippen molar-refractivity contribution in [3.8, 4) is 0 Å². The van der Waals surface area contributed by atoms with Crippen molar-refractivity contribution in [3.63, 3.8) is 0 Å². The topological polar surface area (TPSA) is 80.1 Å². The van der Waals surface area contributed by atoms with Gasteiger partial charge in [-0.2, -0.15) is 5.10 Å². The van der Waals surface area contributed by atoms with Crippen molar-refractivity contribution in [2.75, 3.05) is 6.54 Å². The third-order valence-electron chi connectivity index (χ3n) is 4.49. The van der Waals surface area contributed by atoms with E-state index in [4.69, 9.17) is 0 Å². The minimum absolute atomic E-state index is 0.0113. The molecule has 3 heterocycles. The van der Waals surface area contributed by atoms with E-state index in [-0.39, 0.29) is 17.9 Å². The number of carbonyl (C=O) groups excluding carboxylic acids is 2. The summed E-state index contributed by atoms with van der Waals surface area (Å²) in [6.45, 7) is 4.54. The Bertz CT molecular complexity index is 781. The van der Waals surface area contributed by atoms with Gasteiger partial charge in [-0.15, -0.1) is 0 Å². The average Bonchev–Trinajstić information content (AvgIpc) is 3.19. The molecule has 2 aromatic heterocycles. The van der Waals surface area contributed by atoms with E-state index in [2.05, 4.69) is 15.4 Å². The number of pyridine rings is 1. The van der Waals surface area contributed by atoms with Crippen LogP contribution in [0.3, 0.4) is 0 Å². The van der Waals surface area contributed by atoms with Gasteiger partial charge in [0, 0.05) is 39.5 Å². The van der Waals surface area contributed by atoms with Crippen LogP contribution in [0.4, 0.5) is 0 Å². The largest absolute Gasteiger partial charge is 0.352 e. The fraction of sp³-hybridized carbons (Fsp3) is 0.444. The van der Waals surface area contributed by atoms with Gasteiger partial charge >= 0.3 is 0 Å². The molecule has 0 spiro atoms. The van der Waals surface area contributed by atoms with Crippen LogP contribution < -0.4 is 5.32 Å². The van der Waals surface area contributed by atoms with Crippen LogP contribution in [0.25, 0.3) is 0 Å². The summed E-state index contributed by atoms with van der Waals surface area (Å²) in [6, 6.07) is 3.89. The smallest absolute Gasteiger partial charge is 0.257 e. The summed E-state index contributed by atoms with van der Waals surface area (Å²) in [4.78, 5) is 30.3. The fourth-order valence-corrected chi connectivity index (χ4v) is 3.25. The summed E-state index contributed by atoms with van der Waals surface area (Å²) in [5.41, 5.74) is 3.23. The zero-order valence-corrected chi connectivity index (χ0v) is 14.8. The van der Waals surface area contributed by atoms with Gasteiger partial charge in [0.2, 0.25) is 5.91 Å². The molecule has 1 saturated heterocycles. The molecule has 2 amide bonds. The molecule has 0 saturated carbocycles. The lowest BCUT2D eigenvalue weighted by molar-refractivity contribution is -0.119. The monoisotopic (exact) mass is 341 g/mol. The van der Waals surface area contributed by atoms with E-state index < -0.39 is 0 Å². The number of rotatable bonds is 4. The van der Waals surface area contributed by atoms with Gasteiger partial charge in [0.1, 0.15) is 0 Å². The molecule has 1 fully saturated rings. The number of aryl methyl sites for hydroxylation is 2. The lowest BCUT2D eigenvalue weighted by Crippen LogP contribution is -2.31. The standard InChI is InChI=1S/C18H23N5O2/c1-12-15(11-22(3)21-12)18(25)23-8-4-5-17(23)16-7-6-14(10-20-16)9-19-13(2)24/h6-7,10-11,17H,4-5,8-9H2,1-3H3,(H,19,24). The SMILES string of the molecule is CC(=O)NCc1ccc(C2CCCN2C(=O)c2cn(C)nc2C)nc1. The number of aromatic nitrogens is 3. The molecule has 1 N–H and O–H groups in total. The third kappa shape index (κ3) is 3.70. The molecule has 2 aromatic rings. The summed E-state index contributed by atoms with van der Waals surface area (Å²) in [5.74, 6) is -0.0549. The van der Waals surface area contributed by atoms with Crippen molar-refractivity contribution in [1.29, 1.82) is 0 Å². The fourth-order valence-electron chi connectivity index (χ4n) is 3.25. The van der Waals surface area contributed by atoms with Crippen LogP contribution in [-0.2, 0) is 18.4 Å². The van der Waals surface area contributed by atoms with Crippen LogP contribution in [0.1, 0.15) is 53.1 Å². The maximum Gasteiger partial charge on any atom is 0.257 e. The Balaban J connectivity index is 1.76. The number of amides is 2. The molecule has 1 aliphatic heterocycles. The van der Waals surface area contributed by atoms with Crippen molar-refractivity contribution < 1.29 is 9.59 Å². The second-order valence-corrected chi connectivity index (χ2v) is 6.46. The molecule has 7 heteroatoms. The normalized spacial score (nSPS) is 16.9. The van der Waals surface area contributed by atoms with Gasteiger partial charge in [0.15, 0.2) is 0 Å². The lowest BCUT2D eigenvalue weighted by atomic mass is 10.1. The van der Waals surface area contributed by atoms with Gasteiger partial charge in [-0.25, -0.2) is 0 Å². The average molecular weight is 341 g/mol. The predicted molar refractivity (Wildman–Crippen MR) is 92.7 cm³/mol. The van der Waals surface area contributed by atoms with Crippen molar-refractivity contribution in [1.82, 2.24) is 25.0 Å². The number of nitrogens with one attached hydrogen (secondary N) is 1. The number of hydrogen-bond donors (Lipinski definition) is 1. The first-order valence-corrected chi connectivity index (χ1v) is 8.46. The van der Waals surface area contributed by atoms with E-state index in [9.17, 15) is 9.59 Å². The number of carbonyl (C=O) groups is 2. The van der Waals surface area contributed by atoms with Crippen LogP contribution in [0, 0.1) is 6.92 Å². The van der Waals surface area contributed by atoms with E-state index in [1.807, 2.05) is 31.0 Å². The summed E-state index contributed by atoms with van der Waals surface area (Å²) in [7, 11) is 1.82. The highest BCUT2D eigenvalue weighted by atomic mass is 16.2. The van der Waals surface area contributed by atoms with E-state index in [0.29, 0.717) is 12.1 Å². The van der Waals surface area contributed by atoms with E-state index in [0.717, 1.165) is 36.3 Å². The van der Waals surface area contributed by atoms with Crippen LogP contribution in [0.15, 0.2) is 24.5 Å². The maximum atomic E-state index is 12.9. The molecule has 1 atom stereocenters. The van der Waals surface area contributed by atoms with E-state index in [1.54, 1.807) is 17.1 Å². The highest BCUT2D eigenvalue weighted by molar-refractivity contribution is 5.95. The first-order chi connectivity index (χ1) is 12.0. The Kier molecular flexibility index (Phi) is 4.83. The Hall–Kier alpha value is -2.70. The highest BCUT2D eigenvalue weighted by Crippen LogP contribution is 2.32. The first kappa shape index (κ1) is 17.1. The second-order valence-electron chi connectivity index (χ2n) is 6.46. The summed E-state index contributed by atoms with van der Waals surface area (Å²) in [6.07, 6.45) is 5.41. The molecule has 0 aliphatic carbocycles. The molecule has 3 rings (SSSR count). The van der Waals surface area contributed by atoms with E-state index >= 15 is 0 Å². The van der Waals surface area contributed by atoms with Crippen LogP contribution in [0.5, 0.6) is 0 Å². The van der Waals surface area contributed by atoms with Crippen molar-refractivity contribution in [3.05, 3.63) is 47.0 Å². The molecule has 0 aromatic carbocycles. The van der Waals surface area contributed by atoms with Gasteiger partial charge in [-0.1, -0.05) is 6.07 Å². The van der Waals surface area contributed by atoms with Crippen molar-refractivity contribution in [2.45, 2.75) is 39.3 Å². The van der Waals surface area contributed by atoms with Crippen molar-refractivity contribution >= 4 is 11.8 Å². The maximum absolute atomic E-state index is 12.9. The molecule has 7 nitrogen and oxygen atoms in total. The van der Waals surface area contributed by atoms with Gasteiger partial charge in [0.25, 0.3) is 5.91 Å². The Morgan fingerprint density at radius 1 is 1.36 bits per heavy atom.